The van der Waals surface area contributed by atoms with Crippen LogP contribution in [-0.4, -0.2) is 38.8 Å². The minimum Gasteiger partial charge on any atom is -0.392 e. The van der Waals surface area contributed by atoms with E-state index in [1.54, 1.807) is 0 Å². The van der Waals surface area contributed by atoms with E-state index in [2.05, 4.69) is 15.0 Å². The van der Waals surface area contributed by atoms with Crippen molar-refractivity contribution < 1.29 is 9.63 Å². The maximum atomic E-state index is 9.82. The summed E-state index contributed by atoms with van der Waals surface area (Å²) in [4.78, 5) is 6.74. The number of likely N-dealkylation sites (tertiary alicyclic amines) is 1. The highest BCUT2D eigenvalue weighted by Gasteiger charge is 2.31. The summed E-state index contributed by atoms with van der Waals surface area (Å²) in [5, 5.41) is 13.9. The Morgan fingerprint density at radius 3 is 2.94 bits per heavy atom. The van der Waals surface area contributed by atoms with Gasteiger partial charge in [-0.1, -0.05) is 11.6 Å². The van der Waals surface area contributed by atoms with Gasteiger partial charge in [-0.25, -0.2) is 0 Å². The minimum absolute atomic E-state index is 0.232. The smallest absolute Gasteiger partial charge is 0.240 e. The number of aliphatic hydroxyl groups is 1. The third-order valence-electron chi connectivity index (χ3n) is 3.99. The molecule has 5 heteroatoms. The van der Waals surface area contributed by atoms with Crippen molar-refractivity contribution in [1.29, 1.82) is 0 Å². The van der Waals surface area contributed by atoms with Gasteiger partial charge in [0.1, 0.15) is 0 Å². The summed E-state index contributed by atoms with van der Waals surface area (Å²) < 4.78 is 5.31. The lowest BCUT2D eigenvalue weighted by molar-refractivity contribution is 0.0260. The van der Waals surface area contributed by atoms with Gasteiger partial charge in [-0.3, -0.25) is 4.90 Å². The molecule has 1 saturated heterocycles. The van der Waals surface area contributed by atoms with Crippen molar-refractivity contribution in [2.75, 3.05) is 6.54 Å². The first-order valence-corrected chi connectivity index (χ1v) is 6.98. The number of aliphatic hydroxyl groups excluding tert-OH is 1. The first-order chi connectivity index (χ1) is 8.74. The molecule has 1 saturated carbocycles. The van der Waals surface area contributed by atoms with Crippen molar-refractivity contribution in [1.82, 2.24) is 15.0 Å². The van der Waals surface area contributed by atoms with E-state index in [9.17, 15) is 5.11 Å². The Morgan fingerprint density at radius 1 is 1.39 bits per heavy atom. The van der Waals surface area contributed by atoms with Crippen LogP contribution in [0, 0.1) is 0 Å². The number of hydrogen-bond acceptors (Lipinski definition) is 5. The molecule has 5 nitrogen and oxygen atoms in total. The van der Waals surface area contributed by atoms with Gasteiger partial charge in [0.05, 0.1) is 12.6 Å². The molecule has 1 aromatic heterocycles. The summed E-state index contributed by atoms with van der Waals surface area (Å²) >= 11 is 0. The molecule has 18 heavy (non-hydrogen) atoms. The second kappa shape index (κ2) is 4.97. The van der Waals surface area contributed by atoms with Crippen molar-refractivity contribution in [3.05, 3.63) is 11.7 Å². The van der Waals surface area contributed by atoms with Crippen LogP contribution in [0.25, 0.3) is 0 Å². The number of aromatic nitrogens is 2. The highest BCUT2D eigenvalue weighted by molar-refractivity contribution is 5.03. The summed E-state index contributed by atoms with van der Waals surface area (Å²) in [5.74, 6) is 2.11. The van der Waals surface area contributed by atoms with Crippen LogP contribution in [-0.2, 0) is 6.54 Å². The van der Waals surface area contributed by atoms with Crippen molar-refractivity contribution >= 4 is 0 Å². The zero-order chi connectivity index (χ0) is 12.5. The van der Waals surface area contributed by atoms with Gasteiger partial charge in [-0.2, -0.15) is 4.98 Å². The Bertz CT molecular complexity index is 401. The van der Waals surface area contributed by atoms with Crippen LogP contribution in [0.5, 0.6) is 0 Å². The fourth-order valence-electron chi connectivity index (χ4n) is 2.77. The van der Waals surface area contributed by atoms with Gasteiger partial charge in [0.15, 0.2) is 5.82 Å². The van der Waals surface area contributed by atoms with E-state index in [0.717, 1.165) is 18.8 Å². The molecule has 2 unspecified atom stereocenters. The lowest BCUT2D eigenvalue weighted by Gasteiger charge is -2.36. The molecule has 0 radical (unpaired) electrons. The Kier molecular flexibility index (Phi) is 3.35. The summed E-state index contributed by atoms with van der Waals surface area (Å²) in [5.41, 5.74) is 0. The van der Waals surface area contributed by atoms with Crippen LogP contribution >= 0.6 is 0 Å². The summed E-state index contributed by atoms with van der Waals surface area (Å²) in [7, 11) is 0. The fraction of sp³-hybridized carbons (Fsp3) is 0.846. The number of rotatable bonds is 4. The van der Waals surface area contributed by atoms with Crippen LogP contribution in [0.3, 0.4) is 0 Å². The Hall–Kier alpha value is -0.940. The Balaban J connectivity index is 1.65. The molecule has 100 valence electrons. The zero-order valence-electron chi connectivity index (χ0n) is 10.9. The molecule has 0 spiro atoms. The first-order valence-electron chi connectivity index (χ1n) is 6.98. The van der Waals surface area contributed by atoms with E-state index in [4.69, 9.17) is 4.52 Å². The van der Waals surface area contributed by atoms with Gasteiger partial charge < -0.3 is 9.63 Å². The van der Waals surface area contributed by atoms with Crippen LogP contribution in [0.4, 0.5) is 0 Å². The molecule has 2 aliphatic rings. The van der Waals surface area contributed by atoms with Crippen molar-refractivity contribution in [3.63, 3.8) is 0 Å². The second-order valence-electron chi connectivity index (χ2n) is 5.59. The number of nitrogens with zero attached hydrogens (tertiary/aromatic N) is 3. The second-order valence-corrected chi connectivity index (χ2v) is 5.59. The average Bonchev–Trinajstić information content (AvgIpc) is 3.11. The number of piperidine rings is 1. The molecule has 1 aliphatic heterocycles. The zero-order valence-corrected chi connectivity index (χ0v) is 10.9. The van der Waals surface area contributed by atoms with Gasteiger partial charge in [0, 0.05) is 12.0 Å². The average molecular weight is 251 g/mol. The third kappa shape index (κ3) is 2.57. The molecular weight excluding hydrogens is 230 g/mol. The molecule has 2 fully saturated rings. The van der Waals surface area contributed by atoms with E-state index in [1.165, 1.54) is 25.7 Å². The standard InChI is InChI=1S/C13H21N3O2/c1-9(17)11-4-2-3-7-16(11)8-12-14-13(15-18-12)10-5-6-10/h9-11,17H,2-8H2,1H3. The molecule has 2 atom stereocenters. The molecule has 1 aromatic rings. The first kappa shape index (κ1) is 12.1. The summed E-state index contributed by atoms with van der Waals surface area (Å²) in [6, 6.07) is 0.232. The highest BCUT2D eigenvalue weighted by Crippen LogP contribution is 2.38. The van der Waals surface area contributed by atoms with Gasteiger partial charge in [-0.05, 0) is 39.2 Å². The van der Waals surface area contributed by atoms with Crippen LogP contribution < -0.4 is 0 Å². The molecule has 1 aliphatic carbocycles. The maximum Gasteiger partial charge on any atom is 0.240 e. The van der Waals surface area contributed by atoms with Crippen LogP contribution in [0.15, 0.2) is 4.52 Å². The molecule has 1 N–H and O–H groups in total. The van der Waals surface area contributed by atoms with E-state index < -0.39 is 0 Å². The molecule has 2 heterocycles. The maximum absolute atomic E-state index is 9.82. The van der Waals surface area contributed by atoms with E-state index in [1.807, 2.05) is 6.92 Å². The van der Waals surface area contributed by atoms with Gasteiger partial charge in [0.25, 0.3) is 0 Å². The van der Waals surface area contributed by atoms with Crippen LogP contribution in [0.2, 0.25) is 0 Å². The molecule has 0 aromatic carbocycles. The quantitative estimate of drug-likeness (QED) is 0.882. The topological polar surface area (TPSA) is 62.4 Å². The van der Waals surface area contributed by atoms with Crippen molar-refractivity contribution in [2.24, 2.45) is 0 Å². The van der Waals surface area contributed by atoms with E-state index in [-0.39, 0.29) is 12.1 Å². The fourth-order valence-corrected chi connectivity index (χ4v) is 2.77. The predicted molar refractivity (Wildman–Crippen MR) is 66.0 cm³/mol. The molecule has 3 rings (SSSR count). The molecule has 0 bridgehead atoms. The predicted octanol–water partition coefficient (Wildman–Crippen LogP) is 1.68. The van der Waals surface area contributed by atoms with Gasteiger partial charge >= 0.3 is 0 Å². The molecular formula is C13H21N3O2. The van der Waals surface area contributed by atoms with Crippen LogP contribution in [0.1, 0.15) is 56.7 Å². The van der Waals surface area contributed by atoms with Crippen molar-refractivity contribution in [2.45, 2.75) is 63.6 Å². The lowest BCUT2D eigenvalue weighted by atomic mass is 9.98. The van der Waals surface area contributed by atoms with E-state index >= 15 is 0 Å². The highest BCUT2D eigenvalue weighted by atomic mass is 16.5. The largest absolute Gasteiger partial charge is 0.392 e. The third-order valence-corrected chi connectivity index (χ3v) is 3.99. The Labute approximate surface area is 107 Å². The van der Waals surface area contributed by atoms with Gasteiger partial charge in [-0.15, -0.1) is 0 Å². The minimum atomic E-state index is -0.295. The summed E-state index contributed by atoms with van der Waals surface area (Å²) in [6.07, 6.45) is 5.53. The Morgan fingerprint density at radius 2 is 2.22 bits per heavy atom. The van der Waals surface area contributed by atoms with Crippen molar-refractivity contribution in [3.8, 4) is 0 Å². The lowest BCUT2D eigenvalue weighted by Crippen LogP contribution is -2.45. The summed E-state index contributed by atoms with van der Waals surface area (Å²) in [6.45, 7) is 3.55. The monoisotopic (exact) mass is 251 g/mol. The van der Waals surface area contributed by atoms with Gasteiger partial charge in [0.2, 0.25) is 5.89 Å². The SMILES string of the molecule is CC(O)C1CCCCN1Cc1nc(C2CC2)no1. The van der Waals surface area contributed by atoms with E-state index in [0.29, 0.717) is 18.4 Å². The number of hydrogen-bond donors (Lipinski definition) is 1. The normalized spacial score (nSPS) is 27.3. The molecule has 0 amide bonds.